The van der Waals surface area contributed by atoms with Crippen molar-refractivity contribution in [3.8, 4) is 0 Å². The highest BCUT2D eigenvalue weighted by Crippen LogP contribution is 2.37. The van der Waals surface area contributed by atoms with Crippen LogP contribution in [-0.2, 0) is 14.8 Å². The molecule has 7 nitrogen and oxygen atoms in total. The Morgan fingerprint density at radius 1 is 1.17 bits per heavy atom. The topological polar surface area (TPSA) is 88.6 Å². The number of pyridine rings is 1. The fourth-order valence-corrected chi connectivity index (χ4v) is 5.37. The molecule has 3 heterocycles. The third-order valence-corrected chi connectivity index (χ3v) is 7.44. The van der Waals surface area contributed by atoms with Crippen LogP contribution in [0.1, 0.15) is 29.8 Å². The summed E-state index contributed by atoms with van der Waals surface area (Å²) in [6, 6.07) is 9.88. The predicted molar refractivity (Wildman–Crippen MR) is 103 cm³/mol. The Hall–Kier alpha value is -2.36. The van der Waals surface area contributed by atoms with Gasteiger partial charge >= 0.3 is 0 Å². The van der Waals surface area contributed by atoms with E-state index < -0.39 is 21.4 Å². The summed E-state index contributed by atoms with van der Waals surface area (Å²) >= 11 is 0. The van der Waals surface area contributed by atoms with Crippen LogP contribution in [0.25, 0.3) is 0 Å². The lowest BCUT2D eigenvalue weighted by molar-refractivity contribution is -0.0311. The molecule has 1 aromatic heterocycles. The number of nitrogens with zero attached hydrogens (tertiary/aromatic N) is 2. The first-order chi connectivity index (χ1) is 13.9. The van der Waals surface area contributed by atoms with E-state index in [1.54, 1.807) is 24.4 Å². The molecule has 154 valence electrons. The van der Waals surface area contributed by atoms with Crippen LogP contribution < -0.4 is 5.32 Å². The lowest BCUT2D eigenvalue weighted by Crippen LogP contribution is -2.47. The highest BCUT2D eigenvalue weighted by molar-refractivity contribution is 7.89. The number of amides is 1. The van der Waals surface area contributed by atoms with Crippen LogP contribution >= 0.6 is 0 Å². The number of nitrogens with one attached hydrogen (secondary N) is 1. The minimum absolute atomic E-state index is 0.0858. The second kappa shape index (κ2) is 7.81. The molecule has 2 saturated heterocycles. The standard InChI is InChI=1S/C20H22FN3O4S/c21-15-4-6-17(7-5-15)29(26,27)24-11-8-20(9-12-24)13-16(14-28-20)23-19(25)18-3-1-2-10-22-18/h1-7,10,16H,8-9,11-14H2,(H,23,25)/t16-/m1/s1. The number of sulfonamides is 1. The minimum atomic E-state index is -3.66. The molecule has 2 aromatic rings. The highest BCUT2D eigenvalue weighted by Gasteiger charge is 2.45. The first-order valence-corrected chi connectivity index (χ1v) is 10.9. The Labute approximate surface area is 168 Å². The van der Waals surface area contributed by atoms with Gasteiger partial charge in [-0.05, 0) is 55.7 Å². The van der Waals surface area contributed by atoms with Gasteiger partial charge in [0.15, 0.2) is 0 Å². The number of hydrogen-bond donors (Lipinski definition) is 1. The molecule has 29 heavy (non-hydrogen) atoms. The number of benzene rings is 1. The van der Waals surface area contributed by atoms with E-state index in [0.717, 1.165) is 12.1 Å². The Kier molecular flexibility index (Phi) is 5.37. The molecule has 1 amide bonds. The molecule has 0 saturated carbocycles. The number of carbonyl (C=O) groups is 1. The van der Waals surface area contributed by atoms with Crippen molar-refractivity contribution >= 4 is 15.9 Å². The van der Waals surface area contributed by atoms with Gasteiger partial charge in [-0.2, -0.15) is 4.31 Å². The quantitative estimate of drug-likeness (QED) is 0.819. The van der Waals surface area contributed by atoms with Crippen LogP contribution in [0.2, 0.25) is 0 Å². The van der Waals surface area contributed by atoms with E-state index in [4.69, 9.17) is 4.74 Å². The van der Waals surface area contributed by atoms with Gasteiger partial charge in [0, 0.05) is 19.3 Å². The predicted octanol–water partition coefficient (Wildman–Crippen LogP) is 1.96. The number of halogens is 1. The third kappa shape index (κ3) is 4.17. The van der Waals surface area contributed by atoms with Gasteiger partial charge in [-0.1, -0.05) is 6.07 Å². The van der Waals surface area contributed by atoms with Crippen LogP contribution in [0.15, 0.2) is 53.6 Å². The van der Waals surface area contributed by atoms with Gasteiger partial charge in [0.2, 0.25) is 10.0 Å². The largest absolute Gasteiger partial charge is 0.373 e. The molecule has 2 aliphatic heterocycles. The number of piperidine rings is 1. The van der Waals surface area contributed by atoms with Gasteiger partial charge < -0.3 is 10.1 Å². The molecule has 0 radical (unpaired) electrons. The van der Waals surface area contributed by atoms with Crippen LogP contribution in [-0.4, -0.2) is 55.0 Å². The van der Waals surface area contributed by atoms with Crippen LogP contribution in [0, 0.1) is 5.82 Å². The van der Waals surface area contributed by atoms with Crippen molar-refractivity contribution in [1.82, 2.24) is 14.6 Å². The van der Waals surface area contributed by atoms with Crippen molar-refractivity contribution in [2.45, 2.75) is 35.8 Å². The molecular weight excluding hydrogens is 397 g/mol. The molecule has 4 rings (SSSR count). The third-order valence-electron chi connectivity index (χ3n) is 5.53. The molecule has 2 fully saturated rings. The van der Waals surface area contributed by atoms with Crippen molar-refractivity contribution in [3.05, 3.63) is 60.2 Å². The average molecular weight is 419 g/mol. The monoisotopic (exact) mass is 419 g/mol. The maximum Gasteiger partial charge on any atom is 0.270 e. The summed E-state index contributed by atoms with van der Waals surface area (Å²) in [6.45, 7) is 1.03. The lowest BCUT2D eigenvalue weighted by Gasteiger charge is -2.38. The maximum absolute atomic E-state index is 13.1. The normalized spacial score (nSPS) is 21.9. The van der Waals surface area contributed by atoms with Crippen molar-refractivity contribution in [1.29, 1.82) is 0 Å². The Balaban J connectivity index is 1.36. The zero-order valence-corrected chi connectivity index (χ0v) is 16.6. The summed E-state index contributed by atoms with van der Waals surface area (Å²) in [5.74, 6) is -0.715. The van der Waals surface area contributed by atoms with Crippen molar-refractivity contribution in [2.75, 3.05) is 19.7 Å². The molecule has 0 aliphatic carbocycles. The Bertz CT molecular complexity index is 975. The van der Waals surface area contributed by atoms with Crippen molar-refractivity contribution in [3.63, 3.8) is 0 Å². The summed E-state index contributed by atoms with van der Waals surface area (Å²) in [6.07, 6.45) is 3.29. The maximum atomic E-state index is 13.1. The second-order valence-electron chi connectivity index (χ2n) is 7.44. The number of aromatic nitrogens is 1. The van der Waals surface area contributed by atoms with Gasteiger partial charge in [-0.3, -0.25) is 9.78 Å². The van der Waals surface area contributed by atoms with Gasteiger partial charge in [0.05, 0.1) is 23.1 Å². The second-order valence-corrected chi connectivity index (χ2v) is 9.38. The molecule has 2 aliphatic rings. The number of ether oxygens (including phenoxy) is 1. The number of hydrogen-bond acceptors (Lipinski definition) is 5. The molecule has 1 N–H and O–H groups in total. The SMILES string of the molecule is O=C(N[C@H]1COC2(CCN(S(=O)(=O)c3ccc(F)cc3)CC2)C1)c1ccccn1. The summed E-state index contributed by atoms with van der Waals surface area (Å²) in [7, 11) is -3.66. The van der Waals surface area contributed by atoms with Crippen LogP contribution in [0.4, 0.5) is 4.39 Å². The smallest absolute Gasteiger partial charge is 0.270 e. The molecule has 1 atom stereocenters. The lowest BCUT2D eigenvalue weighted by atomic mass is 9.88. The van der Waals surface area contributed by atoms with Crippen molar-refractivity contribution in [2.24, 2.45) is 0 Å². The van der Waals surface area contributed by atoms with Gasteiger partial charge in [-0.15, -0.1) is 0 Å². The highest BCUT2D eigenvalue weighted by atomic mass is 32.2. The summed E-state index contributed by atoms with van der Waals surface area (Å²) in [5, 5.41) is 2.95. The van der Waals surface area contributed by atoms with E-state index in [0.29, 0.717) is 44.7 Å². The molecular formula is C20H22FN3O4S. The molecule has 1 spiro atoms. The van der Waals surface area contributed by atoms with Gasteiger partial charge in [0.1, 0.15) is 11.5 Å². The first kappa shape index (κ1) is 19.9. The van der Waals surface area contributed by atoms with E-state index in [9.17, 15) is 17.6 Å². The first-order valence-electron chi connectivity index (χ1n) is 9.50. The van der Waals surface area contributed by atoms with Crippen LogP contribution in [0.5, 0.6) is 0 Å². The van der Waals surface area contributed by atoms with Gasteiger partial charge in [0.25, 0.3) is 5.91 Å². The number of rotatable bonds is 4. The fourth-order valence-electron chi connectivity index (χ4n) is 3.93. The van der Waals surface area contributed by atoms with Crippen molar-refractivity contribution < 1.29 is 22.3 Å². The molecule has 1 aromatic carbocycles. The average Bonchev–Trinajstić information content (AvgIpc) is 3.11. The van der Waals surface area contributed by atoms with E-state index in [1.165, 1.54) is 16.4 Å². The van der Waals surface area contributed by atoms with E-state index in [1.807, 2.05) is 0 Å². The summed E-state index contributed by atoms with van der Waals surface area (Å²) < 4.78 is 46.0. The zero-order valence-electron chi connectivity index (χ0n) is 15.8. The molecule has 0 bridgehead atoms. The van der Waals surface area contributed by atoms with E-state index in [-0.39, 0.29) is 16.8 Å². The van der Waals surface area contributed by atoms with E-state index in [2.05, 4.69) is 10.3 Å². The summed E-state index contributed by atoms with van der Waals surface area (Å²) in [4.78, 5) is 16.4. The Morgan fingerprint density at radius 3 is 2.55 bits per heavy atom. The van der Waals surface area contributed by atoms with Crippen LogP contribution in [0.3, 0.4) is 0 Å². The zero-order chi connectivity index (χ0) is 20.5. The summed E-state index contributed by atoms with van der Waals surface area (Å²) in [5.41, 5.74) is -0.0784. The Morgan fingerprint density at radius 2 is 1.90 bits per heavy atom. The van der Waals surface area contributed by atoms with E-state index >= 15 is 0 Å². The minimum Gasteiger partial charge on any atom is -0.373 e. The fraction of sp³-hybridized carbons (Fsp3) is 0.400. The number of carbonyl (C=O) groups excluding carboxylic acids is 1. The molecule has 0 unspecified atom stereocenters. The molecule has 9 heteroatoms. The van der Waals surface area contributed by atoms with Gasteiger partial charge in [-0.25, -0.2) is 12.8 Å².